The van der Waals surface area contributed by atoms with Crippen molar-refractivity contribution in [3.63, 3.8) is 0 Å². The summed E-state index contributed by atoms with van der Waals surface area (Å²) in [7, 11) is 0. The van der Waals surface area contributed by atoms with Crippen molar-refractivity contribution in [3.8, 4) is 6.07 Å². The first-order valence-electron chi connectivity index (χ1n) is 4.49. The van der Waals surface area contributed by atoms with Crippen LogP contribution in [0.3, 0.4) is 0 Å². The molecule has 1 atom stereocenters. The first-order chi connectivity index (χ1) is 6.72. The van der Waals surface area contributed by atoms with E-state index in [1.807, 2.05) is 25.1 Å². The molecule has 1 heterocycles. The quantitative estimate of drug-likeness (QED) is 0.714. The monoisotopic (exact) mass is 185 g/mol. The van der Waals surface area contributed by atoms with Gasteiger partial charge in [0.25, 0.3) is 0 Å². The number of hydrogen-bond acceptors (Lipinski definition) is 2. The summed E-state index contributed by atoms with van der Waals surface area (Å²) in [6.45, 7) is 1.91. The summed E-state index contributed by atoms with van der Waals surface area (Å²) < 4.78 is 0. The van der Waals surface area contributed by atoms with Gasteiger partial charge >= 0.3 is 0 Å². The van der Waals surface area contributed by atoms with E-state index in [4.69, 9.17) is 11.0 Å². The number of para-hydroxylation sites is 1. The lowest BCUT2D eigenvalue weighted by Crippen LogP contribution is -2.04. The first-order valence-corrected chi connectivity index (χ1v) is 4.49. The minimum absolute atomic E-state index is 0.0334. The molecule has 0 spiro atoms. The molecule has 0 saturated heterocycles. The average Bonchev–Trinajstić information content (AvgIpc) is 2.60. The molecule has 0 bridgehead atoms. The van der Waals surface area contributed by atoms with Gasteiger partial charge in [-0.2, -0.15) is 5.26 Å². The number of nitrogens with zero attached hydrogens (tertiary/aromatic N) is 1. The Morgan fingerprint density at radius 1 is 1.50 bits per heavy atom. The maximum atomic E-state index is 8.88. The summed E-state index contributed by atoms with van der Waals surface area (Å²) in [6.07, 6.45) is 0. The van der Waals surface area contributed by atoms with Crippen molar-refractivity contribution in [1.82, 2.24) is 4.98 Å². The number of aromatic amines is 1. The van der Waals surface area contributed by atoms with Gasteiger partial charge in [0.1, 0.15) is 6.07 Å². The van der Waals surface area contributed by atoms with Gasteiger partial charge in [0.15, 0.2) is 0 Å². The van der Waals surface area contributed by atoms with Crippen LogP contribution in [0.5, 0.6) is 0 Å². The smallest absolute Gasteiger partial charge is 0.101 e. The second-order valence-corrected chi connectivity index (χ2v) is 3.39. The average molecular weight is 185 g/mol. The molecule has 70 valence electrons. The Morgan fingerprint density at radius 3 is 2.93 bits per heavy atom. The summed E-state index contributed by atoms with van der Waals surface area (Å²) in [5, 5.41) is 9.92. The number of nitrogens with two attached hydrogens (primary N) is 1. The van der Waals surface area contributed by atoms with E-state index in [0.717, 1.165) is 16.6 Å². The highest BCUT2D eigenvalue weighted by molar-refractivity contribution is 5.85. The summed E-state index contributed by atoms with van der Waals surface area (Å²) in [4.78, 5) is 3.17. The third kappa shape index (κ3) is 1.26. The summed E-state index contributed by atoms with van der Waals surface area (Å²) in [6, 6.07) is 9.74. The molecule has 3 nitrogen and oxygen atoms in total. The van der Waals surface area contributed by atoms with Crippen molar-refractivity contribution in [2.45, 2.75) is 13.0 Å². The van der Waals surface area contributed by atoms with Crippen LogP contribution in [-0.2, 0) is 0 Å². The van der Waals surface area contributed by atoms with Crippen molar-refractivity contribution in [2.24, 2.45) is 5.73 Å². The van der Waals surface area contributed by atoms with Crippen molar-refractivity contribution >= 4 is 10.9 Å². The lowest BCUT2D eigenvalue weighted by molar-refractivity contribution is 0.792. The maximum Gasteiger partial charge on any atom is 0.101 e. The third-order valence-electron chi connectivity index (χ3n) is 2.29. The van der Waals surface area contributed by atoms with E-state index in [1.54, 1.807) is 6.07 Å². The van der Waals surface area contributed by atoms with Crippen molar-refractivity contribution in [2.75, 3.05) is 0 Å². The summed E-state index contributed by atoms with van der Waals surface area (Å²) >= 11 is 0. The largest absolute Gasteiger partial charge is 0.356 e. The Labute approximate surface area is 82.1 Å². The fourth-order valence-corrected chi connectivity index (χ4v) is 1.52. The van der Waals surface area contributed by atoms with Crippen molar-refractivity contribution < 1.29 is 0 Å². The molecular weight excluding hydrogens is 174 g/mol. The molecule has 1 aromatic heterocycles. The lowest BCUT2D eigenvalue weighted by Gasteiger charge is -1.98. The van der Waals surface area contributed by atoms with Gasteiger partial charge < -0.3 is 10.7 Å². The summed E-state index contributed by atoms with van der Waals surface area (Å²) in [5.41, 5.74) is 8.25. The van der Waals surface area contributed by atoms with Crippen LogP contribution in [0.15, 0.2) is 24.3 Å². The maximum absolute atomic E-state index is 8.88. The van der Waals surface area contributed by atoms with Crippen LogP contribution in [0.1, 0.15) is 24.2 Å². The lowest BCUT2D eigenvalue weighted by atomic mass is 10.1. The van der Waals surface area contributed by atoms with Crippen LogP contribution in [0.4, 0.5) is 0 Å². The second-order valence-electron chi connectivity index (χ2n) is 3.39. The van der Waals surface area contributed by atoms with Gasteiger partial charge in [-0.1, -0.05) is 12.1 Å². The predicted molar refractivity (Wildman–Crippen MR) is 55.6 cm³/mol. The Balaban J connectivity index is 2.72. The highest BCUT2D eigenvalue weighted by Gasteiger charge is 2.06. The van der Waals surface area contributed by atoms with E-state index in [9.17, 15) is 0 Å². The Kier molecular flexibility index (Phi) is 1.99. The molecular formula is C11H11N3. The van der Waals surface area contributed by atoms with Crippen LogP contribution in [0, 0.1) is 11.3 Å². The zero-order chi connectivity index (χ0) is 10.1. The molecule has 2 rings (SSSR count). The number of H-pyrrole nitrogens is 1. The number of fused-ring (bicyclic) bond motifs is 1. The topological polar surface area (TPSA) is 65.6 Å². The zero-order valence-electron chi connectivity index (χ0n) is 7.91. The van der Waals surface area contributed by atoms with Crippen LogP contribution in [0.2, 0.25) is 0 Å². The van der Waals surface area contributed by atoms with E-state index >= 15 is 0 Å². The predicted octanol–water partition coefficient (Wildman–Crippen LogP) is 2.06. The summed E-state index contributed by atoms with van der Waals surface area (Å²) in [5.74, 6) is 0. The van der Waals surface area contributed by atoms with Gasteiger partial charge in [-0.3, -0.25) is 0 Å². The van der Waals surface area contributed by atoms with Gasteiger partial charge in [0, 0.05) is 17.1 Å². The molecule has 1 unspecified atom stereocenters. The molecule has 0 radical (unpaired) electrons. The molecule has 3 heteroatoms. The molecule has 1 aromatic carbocycles. The van der Waals surface area contributed by atoms with Gasteiger partial charge in [-0.25, -0.2) is 0 Å². The number of aromatic nitrogens is 1. The van der Waals surface area contributed by atoms with Crippen molar-refractivity contribution in [1.29, 1.82) is 5.26 Å². The SMILES string of the molecule is CC(N)c1cc2cccc(C#N)c2[nH]1. The van der Waals surface area contributed by atoms with Crippen LogP contribution >= 0.6 is 0 Å². The first kappa shape index (κ1) is 8.79. The fraction of sp³-hybridized carbons (Fsp3) is 0.182. The number of nitriles is 1. The standard InChI is InChI=1S/C11H11N3/c1-7(13)10-5-8-3-2-4-9(6-12)11(8)14-10/h2-5,7,14H,13H2,1H3. The minimum atomic E-state index is -0.0334. The second kappa shape index (κ2) is 3.17. The number of rotatable bonds is 1. The molecule has 0 fully saturated rings. The van der Waals surface area contributed by atoms with E-state index in [2.05, 4.69) is 11.1 Å². The highest BCUT2D eigenvalue weighted by Crippen LogP contribution is 2.21. The molecule has 0 saturated carbocycles. The van der Waals surface area contributed by atoms with Crippen LogP contribution < -0.4 is 5.73 Å². The number of nitrogens with one attached hydrogen (secondary N) is 1. The molecule has 0 aliphatic heterocycles. The number of benzene rings is 1. The van der Waals surface area contributed by atoms with E-state index in [1.165, 1.54) is 0 Å². The van der Waals surface area contributed by atoms with Gasteiger partial charge in [0.05, 0.1) is 11.1 Å². The normalized spacial score (nSPS) is 12.6. The molecule has 0 amide bonds. The fourth-order valence-electron chi connectivity index (χ4n) is 1.52. The van der Waals surface area contributed by atoms with Crippen LogP contribution in [-0.4, -0.2) is 4.98 Å². The van der Waals surface area contributed by atoms with Gasteiger partial charge in [0.2, 0.25) is 0 Å². The Bertz CT molecular complexity index is 503. The zero-order valence-corrected chi connectivity index (χ0v) is 7.91. The Morgan fingerprint density at radius 2 is 2.29 bits per heavy atom. The Hall–Kier alpha value is -1.79. The van der Waals surface area contributed by atoms with E-state index in [-0.39, 0.29) is 6.04 Å². The van der Waals surface area contributed by atoms with E-state index < -0.39 is 0 Å². The molecule has 2 aromatic rings. The third-order valence-corrected chi connectivity index (χ3v) is 2.29. The molecule has 3 N–H and O–H groups in total. The molecule has 0 aliphatic rings. The van der Waals surface area contributed by atoms with Gasteiger partial charge in [-0.05, 0) is 19.1 Å². The number of hydrogen-bond donors (Lipinski definition) is 2. The van der Waals surface area contributed by atoms with Crippen LogP contribution in [0.25, 0.3) is 10.9 Å². The minimum Gasteiger partial charge on any atom is -0.356 e. The van der Waals surface area contributed by atoms with Crippen molar-refractivity contribution in [3.05, 3.63) is 35.5 Å². The molecule has 0 aliphatic carbocycles. The van der Waals surface area contributed by atoms with E-state index in [0.29, 0.717) is 5.56 Å². The van der Waals surface area contributed by atoms with Gasteiger partial charge in [-0.15, -0.1) is 0 Å². The molecule has 14 heavy (non-hydrogen) atoms. The highest BCUT2D eigenvalue weighted by atomic mass is 14.8.